The highest BCUT2D eigenvalue weighted by atomic mass is 16.7. The molecule has 3 heteroatoms. The zero-order valence-corrected chi connectivity index (χ0v) is 19.0. The fraction of sp³-hybridized carbons (Fsp3) is 0.407. The van der Waals surface area contributed by atoms with Crippen LogP contribution in [0.1, 0.15) is 65.9 Å². The van der Waals surface area contributed by atoms with E-state index in [1.165, 1.54) is 27.1 Å². The Hall–Kier alpha value is -2.36. The first-order valence-electron chi connectivity index (χ1n) is 10.8. The van der Waals surface area contributed by atoms with E-state index in [0.29, 0.717) is 0 Å². The van der Waals surface area contributed by atoms with E-state index < -0.39 is 6.29 Å². The Morgan fingerprint density at radius 2 is 1.40 bits per heavy atom. The van der Waals surface area contributed by atoms with Crippen molar-refractivity contribution < 1.29 is 9.47 Å². The molecule has 156 valence electrons. The molecular formula is C27H31NO2. The summed E-state index contributed by atoms with van der Waals surface area (Å²) in [7, 11) is 0. The number of H-pyrrole nitrogens is 1. The minimum Gasteiger partial charge on any atom is -0.354 e. The molecule has 1 aliphatic heterocycles. The van der Waals surface area contributed by atoms with Crippen molar-refractivity contribution >= 4 is 32.6 Å². The molecule has 5 rings (SSSR count). The molecule has 2 heterocycles. The molecule has 3 nitrogen and oxygen atoms in total. The minimum atomic E-state index is -0.401. The second kappa shape index (κ2) is 6.09. The molecule has 4 aromatic rings. The largest absolute Gasteiger partial charge is 0.354 e. The number of hydrogen-bond acceptors (Lipinski definition) is 2. The second-order valence-corrected chi connectivity index (χ2v) is 10.7. The number of aromatic amines is 1. The summed E-state index contributed by atoms with van der Waals surface area (Å²) in [5.74, 6) is 0. The highest BCUT2D eigenvalue weighted by Gasteiger charge is 2.50. The van der Waals surface area contributed by atoms with E-state index in [1.54, 1.807) is 0 Å². The Balaban J connectivity index is 1.82. The molecule has 0 unspecified atom stereocenters. The Morgan fingerprint density at radius 1 is 0.800 bits per heavy atom. The van der Waals surface area contributed by atoms with Gasteiger partial charge in [0.25, 0.3) is 0 Å². The summed E-state index contributed by atoms with van der Waals surface area (Å²) in [6, 6.07) is 17.7. The summed E-state index contributed by atoms with van der Waals surface area (Å²) >= 11 is 0. The van der Waals surface area contributed by atoms with Gasteiger partial charge in [-0.3, -0.25) is 0 Å². The maximum atomic E-state index is 6.46. The van der Waals surface area contributed by atoms with E-state index in [2.05, 4.69) is 102 Å². The van der Waals surface area contributed by atoms with Gasteiger partial charge in [-0.2, -0.15) is 0 Å². The molecule has 30 heavy (non-hydrogen) atoms. The van der Waals surface area contributed by atoms with Gasteiger partial charge in [0, 0.05) is 21.9 Å². The van der Waals surface area contributed by atoms with Crippen LogP contribution in [0.2, 0.25) is 0 Å². The van der Waals surface area contributed by atoms with Crippen LogP contribution in [0.15, 0.2) is 48.5 Å². The number of aromatic nitrogens is 1. The van der Waals surface area contributed by atoms with Gasteiger partial charge >= 0.3 is 0 Å². The minimum absolute atomic E-state index is 0.0209. The molecular weight excluding hydrogens is 370 g/mol. The van der Waals surface area contributed by atoms with Gasteiger partial charge < -0.3 is 14.5 Å². The van der Waals surface area contributed by atoms with E-state index in [4.69, 9.17) is 9.47 Å². The van der Waals surface area contributed by atoms with E-state index in [0.717, 1.165) is 16.6 Å². The van der Waals surface area contributed by atoms with Gasteiger partial charge in [-0.25, -0.2) is 0 Å². The molecule has 1 aliphatic rings. The molecule has 0 aliphatic carbocycles. The molecule has 0 spiro atoms. The molecule has 1 aromatic heterocycles. The van der Waals surface area contributed by atoms with Crippen molar-refractivity contribution in [3.8, 4) is 0 Å². The van der Waals surface area contributed by atoms with Gasteiger partial charge in [-0.1, -0.05) is 45.0 Å². The first-order valence-corrected chi connectivity index (χ1v) is 10.8. The molecule has 3 aromatic carbocycles. The Labute approximate surface area is 178 Å². The fourth-order valence-electron chi connectivity index (χ4n) is 4.31. The predicted molar refractivity (Wildman–Crippen MR) is 125 cm³/mol. The highest BCUT2D eigenvalue weighted by Crippen LogP contribution is 2.47. The van der Waals surface area contributed by atoms with Gasteiger partial charge in [0.15, 0.2) is 6.29 Å². The quantitative estimate of drug-likeness (QED) is 0.361. The third-order valence-corrected chi connectivity index (χ3v) is 6.98. The number of ether oxygens (including phenoxy) is 2. The summed E-state index contributed by atoms with van der Waals surface area (Å²) in [5, 5.41) is 4.97. The van der Waals surface area contributed by atoms with Crippen LogP contribution in [0, 0.1) is 0 Å². The zero-order chi connectivity index (χ0) is 21.5. The van der Waals surface area contributed by atoms with Crippen LogP contribution < -0.4 is 0 Å². The maximum Gasteiger partial charge on any atom is 0.187 e. The molecule has 1 N–H and O–H groups in total. The summed E-state index contributed by atoms with van der Waals surface area (Å²) in [5.41, 5.74) is 3.89. The molecule has 1 saturated heterocycles. The molecule has 0 radical (unpaired) electrons. The van der Waals surface area contributed by atoms with Crippen LogP contribution in [0.25, 0.3) is 32.6 Å². The summed E-state index contributed by atoms with van der Waals surface area (Å²) < 4.78 is 12.9. The van der Waals surface area contributed by atoms with Gasteiger partial charge in [-0.15, -0.1) is 0 Å². The molecule has 1 fully saturated rings. The van der Waals surface area contributed by atoms with Crippen molar-refractivity contribution in [1.82, 2.24) is 4.98 Å². The highest BCUT2D eigenvalue weighted by molar-refractivity contribution is 6.13. The standard InChI is InChI=1S/C27H31NO2/c1-25(2,3)18-14-20-19-12-16-10-8-9-11-17(16)13-22(19)28-23(20)21(15-18)24-29-26(4,5)27(6,7)30-24/h8-15,24,28H,1-7H3. The van der Waals surface area contributed by atoms with Crippen molar-refractivity contribution in [2.45, 2.75) is 71.4 Å². The number of nitrogens with one attached hydrogen (secondary N) is 1. The lowest BCUT2D eigenvalue weighted by atomic mass is 9.85. The average molecular weight is 402 g/mol. The lowest BCUT2D eigenvalue weighted by molar-refractivity contribution is -0.0887. The smallest absolute Gasteiger partial charge is 0.187 e. The van der Waals surface area contributed by atoms with E-state index in [9.17, 15) is 0 Å². The third-order valence-electron chi connectivity index (χ3n) is 6.98. The number of fused-ring (bicyclic) bond motifs is 4. The Kier molecular flexibility index (Phi) is 3.98. The number of hydrogen-bond donors (Lipinski definition) is 1. The predicted octanol–water partition coefficient (Wildman–Crippen LogP) is 7.37. The molecule has 0 atom stereocenters. The van der Waals surface area contributed by atoms with Crippen molar-refractivity contribution in [3.63, 3.8) is 0 Å². The van der Waals surface area contributed by atoms with E-state index in [-0.39, 0.29) is 16.6 Å². The van der Waals surface area contributed by atoms with Crippen molar-refractivity contribution in [3.05, 3.63) is 59.7 Å². The van der Waals surface area contributed by atoms with Crippen LogP contribution in [-0.4, -0.2) is 16.2 Å². The number of benzene rings is 3. The van der Waals surface area contributed by atoms with Crippen molar-refractivity contribution in [2.75, 3.05) is 0 Å². The zero-order valence-electron chi connectivity index (χ0n) is 19.0. The van der Waals surface area contributed by atoms with Crippen LogP contribution in [-0.2, 0) is 14.9 Å². The first kappa shape index (κ1) is 19.6. The van der Waals surface area contributed by atoms with Crippen LogP contribution in [0.5, 0.6) is 0 Å². The summed E-state index contributed by atoms with van der Waals surface area (Å²) in [6.07, 6.45) is -0.401. The van der Waals surface area contributed by atoms with E-state index in [1.807, 2.05) is 0 Å². The van der Waals surface area contributed by atoms with Crippen LogP contribution in [0.4, 0.5) is 0 Å². The third kappa shape index (κ3) is 2.87. The number of rotatable bonds is 1. The molecule has 0 bridgehead atoms. The molecule has 0 saturated carbocycles. The Bertz CT molecular complexity index is 1270. The van der Waals surface area contributed by atoms with Crippen molar-refractivity contribution in [2.24, 2.45) is 0 Å². The fourth-order valence-corrected chi connectivity index (χ4v) is 4.31. The Morgan fingerprint density at radius 3 is 2.00 bits per heavy atom. The summed E-state index contributed by atoms with van der Waals surface area (Å²) in [4.78, 5) is 3.69. The van der Waals surface area contributed by atoms with Gasteiger partial charge in [0.05, 0.1) is 16.7 Å². The van der Waals surface area contributed by atoms with Crippen LogP contribution >= 0.6 is 0 Å². The first-order chi connectivity index (χ1) is 14.0. The lowest BCUT2D eigenvalue weighted by Gasteiger charge is -2.30. The maximum absolute atomic E-state index is 6.46. The van der Waals surface area contributed by atoms with Crippen molar-refractivity contribution in [1.29, 1.82) is 0 Å². The lowest BCUT2D eigenvalue weighted by Crippen LogP contribution is -2.41. The van der Waals surface area contributed by atoms with Gasteiger partial charge in [0.1, 0.15) is 0 Å². The van der Waals surface area contributed by atoms with Crippen LogP contribution in [0.3, 0.4) is 0 Å². The topological polar surface area (TPSA) is 34.2 Å². The van der Waals surface area contributed by atoms with Gasteiger partial charge in [0.2, 0.25) is 0 Å². The summed E-state index contributed by atoms with van der Waals surface area (Å²) in [6.45, 7) is 15.2. The normalized spacial score (nSPS) is 19.3. The van der Waals surface area contributed by atoms with E-state index >= 15 is 0 Å². The monoisotopic (exact) mass is 401 g/mol. The molecule has 0 amide bonds. The SMILES string of the molecule is CC(C)(C)c1cc(C2OC(C)(C)C(C)(C)O2)c2[nH]c3cc4ccccc4cc3c2c1. The second-order valence-electron chi connectivity index (χ2n) is 10.7. The average Bonchev–Trinajstić information content (AvgIpc) is 3.11. The van der Waals surface area contributed by atoms with Gasteiger partial charge in [-0.05, 0) is 73.7 Å².